The molecule has 192 valence electrons. The molecular weight excluding hydrogens is 471 g/mol. The van der Waals surface area contributed by atoms with E-state index in [0.29, 0.717) is 18.7 Å². The molecule has 3 atom stereocenters. The van der Waals surface area contributed by atoms with Crippen LogP contribution in [0.1, 0.15) is 24.0 Å². The van der Waals surface area contributed by atoms with Gasteiger partial charge in [0, 0.05) is 19.4 Å². The summed E-state index contributed by atoms with van der Waals surface area (Å²) in [6, 6.07) is 22.4. The molecule has 7 nitrogen and oxygen atoms in total. The van der Waals surface area contributed by atoms with Gasteiger partial charge < -0.3 is 21.3 Å². The lowest BCUT2D eigenvalue weighted by Gasteiger charge is -2.28. The van der Waals surface area contributed by atoms with E-state index in [1.54, 1.807) is 23.1 Å². The number of anilines is 1. The van der Waals surface area contributed by atoms with Crippen molar-refractivity contribution >= 4 is 23.4 Å². The number of para-hydroxylation sites is 1. The molecule has 4 N–H and O–H groups in total. The minimum Gasteiger partial charge on any atom is -0.368 e. The second-order valence-electron chi connectivity index (χ2n) is 9.21. The average molecular weight is 503 g/mol. The number of nitrogens with one attached hydrogen (secondary N) is 2. The molecule has 0 bridgehead atoms. The average Bonchev–Trinajstić information content (AvgIpc) is 3.39. The lowest BCUT2D eigenvalue weighted by molar-refractivity contribution is -0.131. The van der Waals surface area contributed by atoms with E-state index in [4.69, 9.17) is 5.73 Å². The molecule has 1 heterocycles. The van der Waals surface area contributed by atoms with Crippen molar-refractivity contribution in [1.82, 2.24) is 10.6 Å². The third-order valence-corrected chi connectivity index (χ3v) is 6.58. The number of hydrogen-bond donors (Lipinski definition) is 3. The lowest BCUT2D eigenvalue weighted by atomic mass is 10.0. The number of nitrogens with zero attached hydrogens (tertiary/aromatic N) is 1. The van der Waals surface area contributed by atoms with Crippen LogP contribution in [-0.4, -0.2) is 42.4 Å². The van der Waals surface area contributed by atoms with E-state index in [2.05, 4.69) is 10.6 Å². The summed E-state index contributed by atoms with van der Waals surface area (Å²) in [7, 11) is 0. The summed E-state index contributed by atoms with van der Waals surface area (Å²) in [6.45, 7) is 0.537. The van der Waals surface area contributed by atoms with Crippen molar-refractivity contribution in [3.05, 3.63) is 102 Å². The van der Waals surface area contributed by atoms with E-state index in [9.17, 15) is 18.8 Å². The van der Waals surface area contributed by atoms with Gasteiger partial charge in [0.1, 0.15) is 23.9 Å². The Morgan fingerprint density at radius 1 is 0.838 bits per heavy atom. The van der Waals surface area contributed by atoms with E-state index in [1.165, 1.54) is 6.07 Å². The smallest absolute Gasteiger partial charge is 0.243 e. The quantitative estimate of drug-likeness (QED) is 0.397. The van der Waals surface area contributed by atoms with Crippen molar-refractivity contribution in [1.29, 1.82) is 0 Å². The summed E-state index contributed by atoms with van der Waals surface area (Å²) in [5.41, 5.74) is 7.66. The van der Waals surface area contributed by atoms with E-state index in [-0.39, 0.29) is 18.7 Å². The number of primary amides is 1. The topological polar surface area (TPSA) is 105 Å². The van der Waals surface area contributed by atoms with Crippen LogP contribution in [0, 0.1) is 5.82 Å². The van der Waals surface area contributed by atoms with Crippen molar-refractivity contribution < 1.29 is 18.8 Å². The number of hydrogen-bond acceptors (Lipinski definition) is 4. The first-order valence-corrected chi connectivity index (χ1v) is 12.4. The highest BCUT2D eigenvalue weighted by Gasteiger charge is 2.35. The molecule has 1 fully saturated rings. The van der Waals surface area contributed by atoms with Crippen LogP contribution in [0.15, 0.2) is 84.9 Å². The Morgan fingerprint density at radius 2 is 1.41 bits per heavy atom. The van der Waals surface area contributed by atoms with Crippen LogP contribution >= 0.6 is 0 Å². The van der Waals surface area contributed by atoms with Gasteiger partial charge in [0.05, 0.1) is 5.69 Å². The van der Waals surface area contributed by atoms with Gasteiger partial charge in [0.2, 0.25) is 17.7 Å². The van der Waals surface area contributed by atoms with Crippen molar-refractivity contribution in [2.24, 2.45) is 5.73 Å². The van der Waals surface area contributed by atoms with Gasteiger partial charge >= 0.3 is 0 Å². The zero-order valence-corrected chi connectivity index (χ0v) is 20.5. The maximum atomic E-state index is 14.5. The van der Waals surface area contributed by atoms with Gasteiger partial charge in [-0.25, -0.2) is 4.39 Å². The molecule has 3 aromatic rings. The summed E-state index contributed by atoms with van der Waals surface area (Å²) in [6.07, 6.45) is 1.72. The standard InChI is InChI=1S/C29H31FN4O3/c30-22-14-7-8-15-25(22)34-17-9-16-26(34)29(37)33-24(19-21-12-5-2-6-13-21)28(36)32-23(27(31)35)18-20-10-3-1-4-11-20/h1-8,10-15,23-24,26H,9,16-19H2,(H2,31,35)(H,32,36)(H,33,37)/t23-,24-,26-/m0/s1. The Labute approximate surface area is 215 Å². The molecule has 0 radical (unpaired) electrons. The summed E-state index contributed by atoms with van der Waals surface area (Å²) in [5.74, 6) is -1.93. The predicted octanol–water partition coefficient (Wildman–Crippen LogP) is 2.73. The molecule has 37 heavy (non-hydrogen) atoms. The summed E-state index contributed by atoms with van der Waals surface area (Å²) in [4.78, 5) is 40.7. The molecule has 1 aliphatic heterocycles. The molecule has 3 aromatic carbocycles. The Kier molecular flexibility index (Phi) is 8.51. The monoisotopic (exact) mass is 502 g/mol. The number of benzene rings is 3. The van der Waals surface area contributed by atoms with Gasteiger partial charge in [0.15, 0.2) is 0 Å². The Morgan fingerprint density at radius 3 is 2.00 bits per heavy atom. The molecule has 1 aliphatic rings. The fourth-order valence-corrected chi connectivity index (χ4v) is 4.68. The van der Waals surface area contributed by atoms with E-state index in [1.807, 2.05) is 60.7 Å². The van der Waals surface area contributed by atoms with Gasteiger partial charge in [-0.1, -0.05) is 72.8 Å². The van der Waals surface area contributed by atoms with Crippen LogP contribution in [-0.2, 0) is 27.2 Å². The largest absolute Gasteiger partial charge is 0.368 e. The number of nitrogens with two attached hydrogens (primary N) is 1. The summed E-state index contributed by atoms with van der Waals surface area (Å²) >= 11 is 0. The minimum atomic E-state index is -0.949. The molecule has 1 saturated heterocycles. The first-order chi connectivity index (χ1) is 17.9. The van der Waals surface area contributed by atoms with Gasteiger partial charge in [0.25, 0.3) is 0 Å². The van der Waals surface area contributed by atoms with Crippen LogP contribution in [0.3, 0.4) is 0 Å². The van der Waals surface area contributed by atoms with Gasteiger partial charge in [-0.2, -0.15) is 0 Å². The normalized spacial score (nSPS) is 16.6. The fraction of sp³-hybridized carbons (Fsp3) is 0.276. The zero-order valence-electron chi connectivity index (χ0n) is 20.5. The van der Waals surface area contributed by atoms with Crippen LogP contribution in [0.2, 0.25) is 0 Å². The molecule has 0 unspecified atom stereocenters. The molecule has 4 rings (SSSR count). The molecule has 0 saturated carbocycles. The highest BCUT2D eigenvalue weighted by Crippen LogP contribution is 2.28. The lowest BCUT2D eigenvalue weighted by Crippen LogP contribution is -2.56. The highest BCUT2D eigenvalue weighted by molar-refractivity contribution is 5.94. The molecule has 0 aromatic heterocycles. The van der Waals surface area contributed by atoms with Crippen LogP contribution in [0.25, 0.3) is 0 Å². The number of halogens is 1. The third kappa shape index (κ3) is 6.73. The van der Waals surface area contributed by atoms with Crippen LogP contribution in [0.4, 0.5) is 10.1 Å². The number of carbonyl (C=O) groups is 3. The third-order valence-electron chi connectivity index (χ3n) is 6.58. The second kappa shape index (κ2) is 12.2. The fourth-order valence-electron chi connectivity index (χ4n) is 4.68. The molecule has 0 spiro atoms. The van der Waals surface area contributed by atoms with Crippen molar-refractivity contribution in [3.8, 4) is 0 Å². The second-order valence-corrected chi connectivity index (χ2v) is 9.21. The number of carbonyl (C=O) groups excluding carboxylic acids is 3. The van der Waals surface area contributed by atoms with Gasteiger partial charge in [-0.3, -0.25) is 14.4 Å². The Hall–Kier alpha value is -4.20. The van der Waals surface area contributed by atoms with E-state index < -0.39 is 35.8 Å². The summed E-state index contributed by atoms with van der Waals surface area (Å²) in [5, 5.41) is 5.60. The van der Waals surface area contributed by atoms with E-state index in [0.717, 1.165) is 17.5 Å². The Balaban J connectivity index is 1.52. The SMILES string of the molecule is NC(=O)[C@H](Cc1ccccc1)NC(=O)[C@H](Cc1ccccc1)NC(=O)[C@@H]1CCCN1c1ccccc1F. The van der Waals surface area contributed by atoms with E-state index >= 15 is 0 Å². The van der Waals surface area contributed by atoms with Crippen molar-refractivity contribution in [2.75, 3.05) is 11.4 Å². The van der Waals surface area contributed by atoms with Crippen molar-refractivity contribution in [2.45, 2.75) is 43.8 Å². The maximum Gasteiger partial charge on any atom is 0.243 e. The van der Waals surface area contributed by atoms with Gasteiger partial charge in [-0.05, 0) is 36.1 Å². The molecule has 3 amide bonds. The first-order valence-electron chi connectivity index (χ1n) is 12.4. The molecular formula is C29H31FN4O3. The predicted molar refractivity (Wildman–Crippen MR) is 140 cm³/mol. The first kappa shape index (κ1) is 25.9. The highest BCUT2D eigenvalue weighted by atomic mass is 19.1. The maximum absolute atomic E-state index is 14.5. The number of rotatable bonds is 10. The minimum absolute atomic E-state index is 0.224. The van der Waals surface area contributed by atoms with Crippen LogP contribution in [0.5, 0.6) is 0 Å². The molecule has 8 heteroatoms. The molecule has 0 aliphatic carbocycles. The number of amides is 3. The zero-order chi connectivity index (χ0) is 26.2. The van der Waals surface area contributed by atoms with Crippen molar-refractivity contribution in [3.63, 3.8) is 0 Å². The van der Waals surface area contributed by atoms with Crippen LogP contribution < -0.4 is 21.3 Å². The Bertz CT molecular complexity index is 1220. The van der Waals surface area contributed by atoms with Gasteiger partial charge in [-0.15, -0.1) is 0 Å². The summed E-state index contributed by atoms with van der Waals surface area (Å²) < 4.78 is 14.5.